The third-order valence-electron chi connectivity index (χ3n) is 3.82. The maximum Gasteiger partial charge on any atom is 0.319 e. The molecule has 0 radical (unpaired) electrons. The number of carbonyl (C=O) groups excluding carboxylic acids is 1. The van der Waals surface area contributed by atoms with Crippen molar-refractivity contribution in [1.82, 2.24) is 5.32 Å². The number of amides is 2. The molecule has 0 spiro atoms. The van der Waals surface area contributed by atoms with Crippen LogP contribution < -0.4 is 15.4 Å². The summed E-state index contributed by atoms with van der Waals surface area (Å²) in [6.45, 7) is 0.323. The fourth-order valence-electron chi connectivity index (χ4n) is 2.57. The second kappa shape index (κ2) is 6.93. The molecule has 1 heterocycles. The number of rotatable bonds is 4. The number of urea groups is 1. The molecule has 2 amide bonds. The zero-order valence-electron chi connectivity index (χ0n) is 13.5. The van der Waals surface area contributed by atoms with Crippen LogP contribution in [0.2, 0.25) is 5.02 Å². The van der Waals surface area contributed by atoms with Crippen LogP contribution in [-0.2, 0) is 16.3 Å². The lowest BCUT2D eigenvalue weighted by molar-refractivity contribution is 0.219. The lowest BCUT2D eigenvalue weighted by Gasteiger charge is -2.13. The summed E-state index contributed by atoms with van der Waals surface area (Å²) in [7, 11) is -3.38. The Morgan fingerprint density at radius 3 is 2.76 bits per heavy atom. The number of halogens is 1. The number of anilines is 1. The Labute approximate surface area is 151 Å². The number of para-hydroxylation sites is 1. The van der Waals surface area contributed by atoms with Crippen LogP contribution in [0.4, 0.5) is 10.5 Å². The van der Waals surface area contributed by atoms with E-state index in [4.69, 9.17) is 16.3 Å². The first-order valence-corrected chi connectivity index (χ1v) is 9.89. The van der Waals surface area contributed by atoms with Crippen LogP contribution in [-0.4, -0.2) is 33.4 Å². The van der Waals surface area contributed by atoms with E-state index in [9.17, 15) is 13.2 Å². The van der Waals surface area contributed by atoms with Gasteiger partial charge in [0.25, 0.3) is 0 Å². The molecular formula is C17H17ClN2O4S. The number of fused-ring (bicyclic) bond motifs is 1. The zero-order valence-corrected chi connectivity index (χ0v) is 15.0. The van der Waals surface area contributed by atoms with E-state index in [-0.39, 0.29) is 21.7 Å². The van der Waals surface area contributed by atoms with Crippen LogP contribution in [0.1, 0.15) is 5.56 Å². The van der Waals surface area contributed by atoms with Gasteiger partial charge in [0.05, 0.1) is 22.2 Å². The Morgan fingerprint density at radius 1 is 1.28 bits per heavy atom. The Hall–Kier alpha value is -2.25. The van der Waals surface area contributed by atoms with E-state index in [1.54, 1.807) is 0 Å². The summed E-state index contributed by atoms with van der Waals surface area (Å²) in [5.41, 5.74) is 1.34. The maximum atomic E-state index is 12.1. The predicted octanol–water partition coefficient (Wildman–Crippen LogP) is 2.87. The molecule has 0 aromatic heterocycles. The van der Waals surface area contributed by atoms with Gasteiger partial charge in [-0.3, -0.25) is 0 Å². The van der Waals surface area contributed by atoms with Crippen molar-refractivity contribution in [3.8, 4) is 5.75 Å². The molecule has 0 saturated heterocycles. The molecule has 1 aliphatic heterocycles. The summed E-state index contributed by atoms with van der Waals surface area (Å²) < 4.78 is 29.0. The van der Waals surface area contributed by atoms with Gasteiger partial charge in [-0.2, -0.15) is 0 Å². The van der Waals surface area contributed by atoms with Crippen molar-refractivity contribution in [2.45, 2.75) is 17.4 Å². The van der Waals surface area contributed by atoms with Gasteiger partial charge in [0, 0.05) is 12.7 Å². The Kier molecular flexibility index (Phi) is 4.87. The molecule has 2 aromatic rings. The summed E-state index contributed by atoms with van der Waals surface area (Å²) in [6, 6.07) is 11.4. The fourth-order valence-corrected chi connectivity index (χ4v) is 3.38. The van der Waals surface area contributed by atoms with Crippen LogP contribution in [0.5, 0.6) is 5.75 Å². The van der Waals surface area contributed by atoms with Gasteiger partial charge in [0.15, 0.2) is 9.84 Å². The van der Waals surface area contributed by atoms with Crippen molar-refractivity contribution in [3.05, 3.63) is 53.1 Å². The predicted molar refractivity (Wildman–Crippen MR) is 96.1 cm³/mol. The first kappa shape index (κ1) is 17.6. The van der Waals surface area contributed by atoms with Crippen LogP contribution >= 0.6 is 11.6 Å². The van der Waals surface area contributed by atoms with Crippen molar-refractivity contribution in [2.24, 2.45) is 0 Å². The van der Waals surface area contributed by atoms with Gasteiger partial charge < -0.3 is 15.4 Å². The van der Waals surface area contributed by atoms with E-state index in [1.165, 1.54) is 18.2 Å². The van der Waals surface area contributed by atoms with Crippen molar-refractivity contribution in [2.75, 3.05) is 18.1 Å². The van der Waals surface area contributed by atoms with Gasteiger partial charge in [-0.15, -0.1) is 0 Å². The quantitative estimate of drug-likeness (QED) is 0.854. The van der Waals surface area contributed by atoms with Gasteiger partial charge in [-0.05, 0) is 29.8 Å². The Bertz CT molecular complexity index is 890. The molecule has 0 unspecified atom stereocenters. The fraction of sp³-hybridized carbons (Fsp3) is 0.235. The molecular weight excluding hydrogens is 364 g/mol. The molecule has 1 aliphatic rings. The summed E-state index contributed by atoms with van der Waals surface area (Å²) >= 11 is 6.02. The first-order chi connectivity index (χ1) is 11.8. The van der Waals surface area contributed by atoms with Gasteiger partial charge >= 0.3 is 6.03 Å². The third-order valence-corrected chi connectivity index (χ3v) is 5.26. The molecule has 0 saturated carbocycles. The number of benzene rings is 2. The van der Waals surface area contributed by atoms with Gasteiger partial charge in [-0.1, -0.05) is 29.8 Å². The van der Waals surface area contributed by atoms with Crippen molar-refractivity contribution in [3.63, 3.8) is 0 Å². The molecule has 0 fully saturated rings. The number of hydrogen-bond acceptors (Lipinski definition) is 4. The highest BCUT2D eigenvalue weighted by Crippen LogP contribution is 2.28. The van der Waals surface area contributed by atoms with E-state index in [0.29, 0.717) is 6.54 Å². The summed E-state index contributed by atoms with van der Waals surface area (Å²) in [4.78, 5) is 12.2. The highest BCUT2D eigenvalue weighted by atomic mass is 35.5. The molecule has 25 heavy (non-hydrogen) atoms. The van der Waals surface area contributed by atoms with Crippen LogP contribution in [0.3, 0.4) is 0 Å². The highest BCUT2D eigenvalue weighted by molar-refractivity contribution is 7.90. The second-order valence-electron chi connectivity index (χ2n) is 5.80. The average Bonchev–Trinajstić information content (AvgIpc) is 2.97. The number of hydrogen-bond donors (Lipinski definition) is 2. The van der Waals surface area contributed by atoms with Gasteiger partial charge in [-0.25, -0.2) is 13.2 Å². The molecule has 2 N–H and O–H groups in total. The lowest BCUT2D eigenvalue weighted by atomic mass is 10.1. The van der Waals surface area contributed by atoms with Crippen molar-refractivity contribution < 1.29 is 17.9 Å². The molecule has 3 rings (SSSR count). The topological polar surface area (TPSA) is 84.5 Å². The number of carbonyl (C=O) groups is 1. The number of sulfone groups is 1. The molecule has 132 valence electrons. The third kappa shape index (κ3) is 4.24. The molecule has 0 aliphatic carbocycles. The smallest absolute Gasteiger partial charge is 0.319 e. The van der Waals surface area contributed by atoms with Crippen molar-refractivity contribution in [1.29, 1.82) is 0 Å². The number of nitrogens with one attached hydrogen (secondary N) is 2. The minimum atomic E-state index is -3.38. The number of ether oxygens (including phenoxy) is 1. The highest BCUT2D eigenvalue weighted by Gasteiger charge is 2.22. The van der Waals surface area contributed by atoms with E-state index in [1.807, 2.05) is 24.3 Å². The van der Waals surface area contributed by atoms with Crippen LogP contribution in [0.25, 0.3) is 0 Å². The SMILES string of the molecule is CS(=O)(=O)c1ccc(Cl)c(NC(=O)NC[C@H]2Cc3ccccc3O2)c1. The summed E-state index contributed by atoms with van der Waals surface area (Å²) in [5, 5.41) is 5.53. The molecule has 6 nitrogen and oxygen atoms in total. The minimum absolute atomic E-state index is 0.0850. The van der Waals surface area contributed by atoms with E-state index >= 15 is 0 Å². The van der Waals surface area contributed by atoms with Gasteiger partial charge in [0.2, 0.25) is 0 Å². The molecule has 0 bridgehead atoms. The average molecular weight is 381 g/mol. The lowest BCUT2D eigenvalue weighted by Crippen LogP contribution is -2.37. The van der Waals surface area contributed by atoms with E-state index in [2.05, 4.69) is 10.6 Å². The largest absolute Gasteiger partial charge is 0.488 e. The van der Waals surface area contributed by atoms with Crippen molar-refractivity contribution >= 4 is 33.2 Å². The Balaban J connectivity index is 1.59. The summed E-state index contributed by atoms with van der Waals surface area (Å²) in [6.07, 6.45) is 1.68. The zero-order chi connectivity index (χ0) is 18.0. The van der Waals surface area contributed by atoms with Crippen LogP contribution in [0, 0.1) is 0 Å². The summed E-state index contributed by atoms with van der Waals surface area (Å²) in [5.74, 6) is 0.832. The van der Waals surface area contributed by atoms with E-state index in [0.717, 1.165) is 24.0 Å². The maximum absolute atomic E-state index is 12.1. The first-order valence-electron chi connectivity index (χ1n) is 7.62. The Morgan fingerprint density at radius 2 is 2.04 bits per heavy atom. The van der Waals surface area contributed by atoms with Gasteiger partial charge in [0.1, 0.15) is 11.9 Å². The minimum Gasteiger partial charge on any atom is -0.488 e. The van der Waals surface area contributed by atoms with E-state index < -0.39 is 15.9 Å². The normalized spacial score (nSPS) is 16.0. The molecule has 1 atom stereocenters. The monoisotopic (exact) mass is 380 g/mol. The molecule has 8 heteroatoms. The van der Waals surface area contributed by atoms with Crippen LogP contribution in [0.15, 0.2) is 47.4 Å². The second-order valence-corrected chi connectivity index (χ2v) is 8.22. The standard InChI is InChI=1S/C17H17ClN2O4S/c1-25(22,23)13-6-7-14(18)15(9-13)20-17(21)19-10-12-8-11-4-2-3-5-16(11)24-12/h2-7,9,12H,8,10H2,1H3,(H2,19,20,21)/t12-/m1/s1. The molecule has 2 aromatic carbocycles.